The summed E-state index contributed by atoms with van der Waals surface area (Å²) in [5.74, 6) is 0.722. The van der Waals surface area contributed by atoms with Gasteiger partial charge in [0.1, 0.15) is 0 Å². The molecule has 1 saturated heterocycles. The van der Waals surface area contributed by atoms with Crippen molar-refractivity contribution in [3.63, 3.8) is 0 Å². The van der Waals surface area contributed by atoms with Crippen LogP contribution in [0.5, 0.6) is 0 Å². The number of ether oxygens (including phenoxy) is 1. The number of hydrogen-bond acceptors (Lipinski definition) is 3. The highest BCUT2D eigenvalue weighted by atomic mass is 16.5. The lowest BCUT2D eigenvalue weighted by Crippen LogP contribution is -2.48. The van der Waals surface area contributed by atoms with Crippen molar-refractivity contribution < 1.29 is 4.74 Å². The first kappa shape index (κ1) is 12.3. The Labute approximate surface area is 99.1 Å². The molecule has 0 aromatic heterocycles. The first-order valence-corrected chi connectivity index (χ1v) is 6.85. The highest BCUT2D eigenvalue weighted by Crippen LogP contribution is 2.31. The van der Waals surface area contributed by atoms with Gasteiger partial charge in [0.2, 0.25) is 0 Å². The molecule has 3 N–H and O–H groups in total. The second kappa shape index (κ2) is 5.48. The van der Waals surface area contributed by atoms with E-state index in [0.717, 1.165) is 38.5 Å². The van der Waals surface area contributed by atoms with Crippen LogP contribution in [-0.4, -0.2) is 31.3 Å². The van der Waals surface area contributed by atoms with Crippen molar-refractivity contribution in [1.82, 2.24) is 5.32 Å². The van der Waals surface area contributed by atoms with Gasteiger partial charge in [-0.05, 0) is 51.0 Å². The van der Waals surface area contributed by atoms with Crippen LogP contribution in [0.25, 0.3) is 0 Å². The fourth-order valence-corrected chi connectivity index (χ4v) is 2.88. The van der Waals surface area contributed by atoms with Gasteiger partial charge in [0.15, 0.2) is 0 Å². The predicted octanol–water partition coefficient (Wildman–Crippen LogP) is 1.66. The van der Waals surface area contributed by atoms with E-state index in [-0.39, 0.29) is 5.54 Å². The molecular weight excluding hydrogens is 200 g/mol. The van der Waals surface area contributed by atoms with Gasteiger partial charge >= 0.3 is 0 Å². The summed E-state index contributed by atoms with van der Waals surface area (Å²) < 4.78 is 5.68. The molecule has 3 heteroatoms. The Hall–Kier alpha value is -0.120. The molecule has 0 bridgehead atoms. The lowest BCUT2D eigenvalue weighted by molar-refractivity contribution is 0.0870. The summed E-state index contributed by atoms with van der Waals surface area (Å²) >= 11 is 0. The maximum absolute atomic E-state index is 6.19. The molecule has 16 heavy (non-hydrogen) atoms. The van der Waals surface area contributed by atoms with Gasteiger partial charge in [-0.1, -0.05) is 6.92 Å². The van der Waals surface area contributed by atoms with Crippen LogP contribution in [-0.2, 0) is 4.74 Å². The molecule has 1 heterocycles. The Morgan fingerprint density at radius 3 is 2.88 bits per heavy atom. The molecule has 0 amide bonds. The molecule has 0 aromatic rings. The van der Waals surface area contributed by atoms with Crippen molar-refractivity contribution in [2.75, 3.05) is 19.7 Å². The largest absolute Gasteiger partial charge is 0.378 e. The van der Waals surface area contributed by atoms with Crippen LogP contribution in [0.2, 0.25) is 0 Å². The molecule has 0 radical (unpaired) electrons. The quantitative estimate of drug-likeness (QED) is 0.677. The van der Waals surface area contributed by atoms with Crippen LogP contribution < -0.4 is 11.1 Å². The number of rotatable bonds is 6. The van der Waals surface area contributed by atoms with E-state index in [4.69, 9.17) is 10.5 Å². The molecule has 3 nitrogen and oxygen atoms in total. The summed E-state index contributed by atoms with van der Waals surface area (Å²) in [6, 6.07) is 0. The Balaban J connectivity index is 1.57. The zero-order valence-electron chi connectivity index (χ0n) is 10.5. The Bertz CT molecular complexity index is 216. The maximum Gasteiger partial charge on any atom is 0.0613 e. The summed E-state index contributed by atoms with van der Waals surface area (Å²) in [5.41, 5.74) is 6.36. The van der Waals surface area contributed by atoms with Crippen LogP contribution >= 0.6 is 0 Å². The number of nitrogens with two attached hydrogens (primary N) is 1. The van der Waals surface area contributed by atoms with Crippen molar-refractivity contribution in [3.05, 3.63) is 0 Å². The molecule has 1 aliphatic heterocycles. The summed E-state index contributed by atoms with van der Waals surface area (Å²) in [7, 11) is 0. The fraction of sp³-hybridized carbons (Fsp3) is 1.00. The molecule has 2 aliphatic rings. The SMILES string of the molecule is CCC1OCCC1CNCCC1(N)CCC1. The van der Waals surface area contributed by atoms with E-state index >= 15 is 0 Å². The first-order chi connectivity index (χ1) is 7.73. The second-order valence-corrected chi connectivity index (χ2v) is 5.54. The zero-order valence-corrected chi connectivity index (χ0v) is 10.5. The molecule has 1 saturated carbocycles. The molecule has 2 fully saturated rings. The monoisotopic (exact) mass is 226 g/mol. The number of nitrogens with one attached hydrogen (secondary N) is 1. The van der Waals surface area contributed by atoms with Crippen LogP contribution in [0.3, 0.4) is 0 Å². The molecule has 0 spiro atoms. The van der Waals surface area contributed by atoms with E-state index in [1.807, 2.05) is 0 Å². The smallest absolute Gasteiger partial charge is 0.0613 e. The van der Waals surface area contributed by atoms with Gasteiger partial charge in [-0.15, -0.1) is 0 Å². The van der Waals surface area contributed by atoms with Gasteiger partial charge in [-0.2, -0.15) is 0 Å². The topological polar surface area (TPSA) is 47.3 Å². The highest BCUT2D eigenvalue weighted by molar-refractivity contribution is 4.92. The van der Waals surface area contributed by atoms with Gasteiger partial charge in [0, 0.05) is 18.7 Å². The van der Waals surface area contributed by atoms with Gasteiger partial charge in [-0.3, -0.25) is 0 Å². The molecular formula is C13H26N2O. The average molecular weight is 226 g/mol. The third-order valence-electron chi connectivity index (χ3n) is 4.30. The van der Waals surface area contributed by atoms with Crippen molar-refractivity contribution in [1.29, 1.82) is 0 Å². The van der Waals surface area contributed by atoms with Gasteiger partial charge < -0.3 is 15.8 Å². The lowest BCUT2D eigenvalue weighted by Gasteiger charge is -2.38. The minimum Gasteiger partial charge on any atom is -0.378 e. The highest BCUT2D eigenvalue weighted by Gasteiger charge is 2.32. The van der Waals surface area contributed by atoms with Crippen LogP contribution in [0.15, 0.2) is 0 Å². The number of hydrogen-bond donors (Lipinski definition) is 2. The molecule has 94 valence electrons. The third kappa shape index (κ3) is 2.96. The van der Waals surface area contributed by atoms with Crippen molar-refractivity contribution in [2.45, 2.75) is 57.1 Å². The van der Waals surface area contributed by atoms with Gasteiger partial charge in [0.05, 0.1) is 6.10 Å². The Morgan fingerprint density at radius 2 is 2.25 bits per heavy atom. The van der Waals surface area contributed by atoms with Gasteiger partial charge in [-0.25, -0.2) is 0 Å². The summed E-state index contributed by atoms with van der Waals surface area (Å²) in [6.45, 7) is 5.34. The summed E-state index contributed by atoms with van der Waals surface area (Å²) in [5, 5.41) is 3.56. The van der Waals surface area contributed by atoms with Crippen LogP contribution in [0.4, 0.5) is 0 Å². The normalized spacial score (nSPS) is 32.6. The molecule has 2 atom stereocenters. The maximum atomic E-state index is 6.19. The lowest BCUT2D eigenvalue weighted by atomic mass is 9.75. The standard InChI is InChI=1S/C13H26N2O/c1-2-12-11(4-9-16-12)10-15-8-7-13(14)5-3-6-13/h11-12,15H,2-10,14H2,1H3. The van der Waals surface area contributed by atoms with Crippen LogP contribution in [0.1, 0.15) is 45.4 Å². The first-order valence-electron chi connectivity index (χ1n) is 6.85. The molecule has 1 aliphatic carbocycles. The van der Waals surface area contributed by atoms with Crippen molar-refractivity contribution in [3.8, 4) is 0 Å². The summed E-state index contributed by atoms with van der Waals surface area (Å²) in [6.07, 6.45) is 7.76. The Kier molecular flexibility index (Phi) is 4.22. The minimum atomic E-state index is 0.170. The van der Waals surface area contributed by atoms with E-state index in [0.29, 0.717) is 6.10 Å². The van der Waals surface area contributed by atoms with Crippen molar-refractivity contribution >= 4 is 0 Å². The van der Waals surface area contributed by atoms with E-state index in [2.05, 4.69) is 12.2 Å². The van der Waals surface area contributed by atoms with E-state index in [9.17, 15) is 0 Å². The summed E-state index contributed by atoms with van der Waals surface area (Å²) in [4.78, 5) is 0. The van der Waals surface area contributed by atoms with Crippen LogP contribution in [0, 0.1) is 5.92 Å². The second-order valence-electron chi connectivity index (χ2n) is 5.54. The van der Waals surface area contributed by atoms with Gasteiger partial charge in [0.25, 0.3) is 0 Å². The van der Waals surface area contributed by atoms with E-state index < -0.39 is 0 Å². The molecule has 0 aromatic carbocycles. The molecule has 2 unspecified atom stereocenters. The van der Waals surface area contributed by atoms with E-state index in [1.54, 1.807) is 0 Å². The molecule has 2 rings (SSSR count). The predicted molar refractivity (Wildman–Crippen MR) is 66.4 cm³/mol. The fourth-order valence-electron chi connectivity index (χ4n) is 2.88. The zero-order chi connectivity index (χ0) is 11.4. The average Bonchev–Trinajstić information content (AvgIpc) is 2.69. The minimum absolute atomic E-state index is 0.170. The third-order valence-corrected chi connectivity index (χ3v) is 4.30. The van der Waals surface area contributed by atoms with Crippen molar-refractivity contribution in [2.24, 2.45) is 11.7 Å². The Morgan fingerprint density at radius 1 is 1.44 bits per heavy atom. The van der Waals surface area contributed by atoms with E-state index in [1.165, 1.54) is 25.7 Å².